The largest absolute Gasteiger partial charge is 0.295 e. The van der Waals surface area contributed by atoms with Gasteiger partial charge in [0.25, 0.3) is 0 Å². The Labute approximate surface area is 274 Å². The monoisotopic (exact) mass is 666 g/mol. The van der Waals surface area contributed by atoms with Crippen molar-refractivity contribution in [2.24, 2.45) is 21.0 Å². The van der Waals surface area contributed by atoms with Gasteiger partial charge >= 0.3 is 0 Å². The summed E-state index contributed by atoms with van der Waals surface area (Å²) in [6.45, 7) is 8.60. The van der Waals surface area contributed by atoms with Gasteiger partial charge < -0.3 is 0 Å². The molecule has 0 amide bonds. The molecule has 11 heteroatoms. The second-order valence-corrected chi connectivity index (χ2v) is 16.7. The number of nitrogens with zero attached hydrogens (tertiary/aromatic N) is 4. The van der Waals surface area contributed by atoms with Gasteiger partial charge in [-0.25, -0.2) is 8.42 Å². The Morgan fingerprint density at radius 3 is 1.33 bits per heavy atom. The van der Waals surface area contributed by atoms with Gasteiger partial charge in [-0.15, -0.1) is 0 Å². The third kappa shape index (κ3) is 6.53. The van der Waals surface area contributed by atoms with Crippen LogP contribution in [0.3, 0.4) is 0 Å². The van der Waals surface area contributed by atoms with E-state index in [1.165, 1.54) is 0 Å². The van der Waals surface area contributed by atoms with Crippen LogP contribution in [-0.4, -0.2) is 53.2 Å². The summed E-state index contributed by atoms with van der Waals surface area (Å²) in [4.78, 5) is 25.3. The SMILES string of the molecule is CC1(C)CC(=O)C=C(N2CC(c3ccc(Cl)cc3)C(S(=O)(=O)C3=NN(C4=CC(=O)CC(C)(C)C4)CC3c3ccc(Cl)cc3)=N2)C1. The van der Waals surface area contributed by atoms with E-state index >= 15 is 0 Å². The summed E-state index contributed by atoms with van der Waals surface area (Å²) in [5.41, 5.74) is 2.32. The summed E-state index contributed by atoms with van der Waals surface area (Å²) in [7, 11) is -4.25. The lowest BCUT2D eigenvalue weighted by Gasteiger charge is -2.32. The van der Waals surface area contributed by atoms with E-state index in [0.29, 0.717) is 47.1 Å². The Morgan fingerprint density at radius 2 is 1.00 bits per heavy atom. The molecule has 2 heterocycles. The average molecular weight is 668 g/mol. The summed E-state index contributed by atoms with van der Waals surface area (Å²) in [6.07, 6.45) is 5.19. The van der Waals surface area contributed by atoms with Gasteiger partial charge in [-0.2, -0.15) is 10.2 Å². The number of sulfone groups is 1. The molecule has 2 aromatic carbocycles. The van der Waals surface area contributed by atoms with Crippen LogP contribution in [0.2, 0.25) is 10.0 Å². The molecular weight excluding hydrogens is 631 g/mol. The molecule has 236 valence electrons. The molecule has 2 unspecified atom stereocenters. The quantitative estimate of drug-likeness (QED) is 0.346. The van der Waals surface area contributed by atoms with Crippen molar-refractivity contribution in [3.8, 4) is 0 Å². The Kier molecular flexibility index (Phi) is 8.11. The minimum absolute atomic E-state index is 0.00681. The third-order valence-electron chi connectivity index (χ3n) is 8.78. The van der Waals surface area contributed by atoms with Gasteiger partial charge in [-0.05, 0) is 59.1 Å². The number of hydrogen-bond acceptors (Lipinski definition) is 8. The molecule has 0 fully saturated rings. The van der Waals surface area contributed by atoms with Crippen LogP contribution in [0.15, 0.2) is 82.3 Å². The van der Waals surface area contributed by atoms with E-state index in [4.69, 9.17) is 33.4 Å². The van der Waals surface area contributed by atoms with Crippen LogP contribution in [0.5, 0.6) is 0 Å². The molecule has 45 heavy (non-hydrogen) atoms. The lowest BCUT2D eigenvalue weighted by atomic mass is 9.78. The smallest absolute Gasteiger partial charge is 0.238 e. The highest BCUT2D eigenvalue weighted by molar-refractivity contribution is 8.19. The molecule has 2 aliphatic carbocycles. The normalized spacial score (nSPS) is 24.8. The summed E-state index contributed by atoms with van der Waals surface area (Å²) < 4.78 is 29.7. The Hall–Kier alpha value is -3.27. The lowest BCUT2D eigenvalue weighted by molar-refractivity contribution is -0.118. The zero-order valence-corrected chi connectivity index (χ0v) is 28.1. The van der Waals surface area contributed by atoms with Gasteiger partial charge in [0, 0.05) is 46.4 Å². The number of carbonyl (C=O) groups is 2. The van der Waals surface area contributed by atoms with Crippen molar-refractivity contribution in [1.29, 1.82) is 0 Å². The van der Waals surface area contributed by atoms with Gasteiger partial charge in [-0.1, -0.05) is 75.2 Å². The first-order valence-electron chi connectivity index (χ1n) is 15.1. The number of allylic oxidation sites excluding steroid dienone is 4. The van der Waals surface area contributed by atoms with Crippen LogP contribution in [0, 0.1) is 10.8 Å². The van der Waals surface area contributed by atoms with E-state index in [0.717, 1.165) is 11.1 Å². The number of hydrogen-bond donors (Lipinski definition) is 0. The van der Waals surface area contributed by atoms with E-state index < -0.39 is 21.7 Å². The highest BCUT2D eigenvalue weighted by atomic mass is 35.5. The number of halogens is 2. The van der Waals surface area contributed by atoms with Crippen LogP contribution >= 0.6 is 23.2 Å². The standard InChI is InChI=1S/C34H36Cl2N4O4S/c1-33(2)15-25(13-27(41)17-33)39-19-29(21-5-9-23(35)10-6-21)31(37-39)45(43,44)32-30(22-7-11-24(36)12-8-22)20-40(38-32)26-14-28(42)18-34(3,4)16-26/h5-14,29-30H,15-20H2,1-4H3. The summed E-state index contributed by atoms with van der Waals surface area (Å²) >= 11 is 12.4. The van der Waals surface area contributed by atoms with Crippen molar-refractivity contribution in [3.63, 3.8) is 0 Å². The highest BCUT2D eigenvalue weighted by Gasteiger charge is 2.47. The van der Waals surface area contributed by atoms with Crippen LogP contribution in [0.4, 0.5) is 0 Å². The molecule has 0 saturated carbocycles. The topological polar surface area (TPSA) is 99.5 Å². The van der Waals surface area contributed by atoms with Gasteiger partial charge in [0.05, 0.1) is 24.9 Å². The van der Waals surface area contributed by atoms with Crippen molar-refractivity contribution in [3.05, 3.63) is 93.2 Å². The predicted octanol–water partition coefficient (Wildman–Crippen LogP) is 7.08. The van der Waals surface area contributed by atoms with Crippen LogP contribution < -0.4 is 0 Å². The maximum absolute atomic E-state index is 14.8. The second-order valence-electron chi connectivity index (χ2n) is 14.0. The first-order valence-corrected chi connectivity index (χ1v) is 17.3. The number of benzene rings is 2. The summed E-state index contributed by atoms with van der Waals surface area (Å²) in [5, 5.41) is 13.8. The predicted molar refractivity (Wildman–Crippen MR) is 178 cm³/mol. The Balaban J connectivity index is 1.46. The maximum atomic E-state index is 14.8. The molecule has 0 N–H and O–H groups in total. The molecule has 0 aromatic heterocycles. The fourth-order valence-corrected chi connectivity index (χ4v) is 8.80. The van der Waals surface area contributed by atoms with Crippen molar-refractivity contribution < 1.29 is 18.0 Å². The minimum Gasteiger partial charge on any atom is -0.295 e. The van der Waals surface area contributed by atoms with Crippen LogP contribution in [0.1, 0.15) is 76.3 Å². The summed E-state index contributed by atoms with van der Waals surface area (Å²) in [5.74, 6) is -1.25. The summed E-state index contributed by atoms with van der Waals surface area (Å²) in [6, 6.07) is 14.2. The molecule has 0 saturated heterocycles. The van der Waals surface area contributed by atoms with E-state index in [2.05, 4.69) is 0 Å². The molecule has 4 aliphatic rings. The fourth-order valence-electron chi connectivity index (χ4n) is 6.76. The fraction of sp³-hybridized carbons (Fsp3) is 0.412. The minimum atomic E-state index is -4.25. The van der Waals surface area contributed by atoms with Gasteiger partial charge in [0.2, 0.25) is 9.84 Å². The molecule has 2 atom stereocenters. The molecule has 0 radical (unpaired) electrons. The van der Waals surface area contributed by atoms with Gasteiger partial charge in [0.1, 0.15) is 0 Å². The number of rotatable bonds is 4. The highest BCUT2D eigenvalue weighted by Crippen LogP contribution is 2.42. The van der Waals surface area contributed by atoms with Crippen LogP contribution in [-0.2, 0) is 19.4 Å². The van der Waals surface area contributed by atoms with E-state index in [1.807, 2.05) is 52.0 Å². The molecule has 0 spiro atoms. The molecular formula is C34H36Cl2N4O4S. The number of ketones is 2. The zero-order valence-electron chi connectivity index (χ0n) is 25.8. The van der Waals surface area contributed by atoms with Crippen molar-refractivity contribution in [2.75, 3.05) is 13.1 Å². The second kappa shape index (κ2) is 11.5. The van der Waals surface area contributed by atoms with Gasteiger partial charge in [-0.3, -0.25) is 19.6 Å². The zero-order chi connectivity index (χ0) is 32.3. The first-order chi connectivity index (χ1) is 21.1. The van der Waals surface area contributed by atoms with Crippen molar-refractivity contribution in [2.45, 2.75) is 65.2 Å². The Bertz CT molecular complexity index is 1670. The van der Waals surface area contributed by atoms with Crippen LogP contribution in [0.25, 0.3) is 0 Å². The first kappa shape index (κ1) is 31.7. The molecule has 0 bridgehead atoms. The van der Waals surface area contributed by atoms with Crippen molar-refractivity contribution in [1.82, 2.24) is 10.0 Å². The van der Waals surface area contributed by atoms with E-state index in [9.17, 15) is 18.0 Å². The van der Waals surface area contributed by atoms with Crippen molar-refractivity contribution >= 4 is 54.7 Å². The average Bonchev–Trinajstić information content (AvgIpc) is 3.59. The maximum Gasteiger partial charge on any atom is 0.238 e. The van der Waals surface area contributed by atoms with Gasteiger partial charge in [0.15, 0.2) is 21.7 Å². The molecule has 6 rings (SSSR count). The molecule has 2 aliphatic heterocycles. The number of carbonyl (C=O) groups excluding carboxylic acids is 2. The van der Waals surface area contributed by atoms with E-state index in [-0.39, 0.29) is 45.6 Å². The molecule has 8 nitrogen and oxygen atoms in total. The van der Waals surface area contributed by atoms with E-state index in [1.54, 1.807) is 46.4 Å². The third-order valence-corrected chi connectivity index (χ3v) is 11.1. The molecule has 2 aromatic rings. The number of hydrazone groups is 2. The lowest BCUT2D eigenvalue weighted by Crippen LogP contribution is -2.31. The Morgan fingerprint density at radius 1 is 0.644 bits per heavy atom.